The van der Waals surface area contributed by atoms with Crippen LogP contribution in [0, 0.1) is 17.1 Å². The lowest BCUT2D eigenvalue weighted by molar-refractivity contribution is 0.339. The Bertz CT molecular complexity index is 702. The number of allylic oxidation sites excluding steroid dienone is 1. The zero-order valence-corrected chi connectivity index (χ0v) is 12.2. The molecule has 0 spiro atoms. The Balaban J connectivity index is 2.47. The zero-order chi connectivity index (χ0) is 15.2. The lowest BCUT2D eigenvalue weighted by atomic mass is 10.0. The van der Waals surface area contributed by atoms with Crippen molar-refractivity contribution in [2.45, 2.75) is 6.92 Å². The van der Waals surface area contributed by atoms with Gasteiger partial charge in [-0.1, -0.05) is 23.7 Å². The van der Waals surface area contributed by atoms with E-state index in [1.807, 2.05) is 6.92 Å². The van der Waals surface area contributed by atoms with E-state index in [2.05, 4.69) is 6.07 Å². The number of rotatable bonds is 4. The fraction of sp³-hybridized carbons (Fsp3) is 0.118. The summed E-state index contributed by atoms with van der Waals surface area (Å²) in [6.45, 7) is 2.40. The Hall–Kier alpha value is -2.31. The Morgan fingerprint density at radius 1 is 1.29 bits per heavy atom. The third-order valence-corrected chi connectivity index (χ3v) is 3.08. The fourth-order valence-electron chi connectivity index (χ4n) is 1.88. The Morgan fingerprint density at radius 3 is 2.62 bits per heavy atom. The van der Waals surface area contributed by atoms with E-state index in [0.717, 1.165) is 0 Å². The van der Waals surface area contributed by atoms with Gasteiger partial charge in [0.1, 0.15) is 11.6 Å². The predicted molar refractivity (Wildman–Crippen MR) is 82.5 cm³/mol. The van der Waals surface area contributed by atoms with Gasteiger partial charge in [0.2, 0.25) is 0 Å². The summed E-state index contributed by atoms with van der Waals surface area (Å²) < 4.78 is 18.5. The molecule has 0 N–H and O–H groups in total. The lowest BCUT2D eigenvalue weighted by Gasteiger charge is -2.08. The molecule has 2 nitrogen and oxygen atoms in total. The normalized spacial score (nSPS) is 11.0. The number of nitriles is 1. The highest BCUT2D eigenvalue weighted by atomic mass is 35.5. The van der Waals surface area contributed by atoms with E-state index in [4.69, 9.17) is 16.3 Å². The van der Waals surface area contributed by atoms with E-state index in [1.165, 1.54) is 12.1 Å². The van der Waals surface area contributed by atoms with E-state index in [0.29, 0.717) is 34.1 Å². The van der Waals surface area contributed by atoms with Gasteiger partial charge in [-0.05, 0) is 48.9 Å². The average molecular weight is 302 g/mol. The van der Waals surface area contributed by atoms with Crippen LogP contribution in [0.4, 0.5) is 4.39 Å². The van der Waals surface area contributed by atoms with Crippen molar-refractivity contribution in [3.8, 4) is 11.8 Å². The Kier molecular flexibility index (Phi) is 4.97. The van der Waals surface area contributed by atoms with Crippen molar-refractivity contribution in [1.82, 2.24) is 0 Å². The molecule has 0 saturated carbocycles. The van der Waals surface area contributed by atoms with Crippen LogP contribution in [0.3, 0.4) is 0 Å². The SMILES string of the molecule is CCOc1ccc(Cl)cc1/C=C(/C#N)c1ccc(F)cc1. The molecule has 106 valence electrons. The molecule has 4 heteroatoms. The Morgan fingerprint density at radius 2 is 2.00 bits per heavy atom. The summed E-state index contributed by atoms with van der Waals surface area (Å²) in [6, 6.07) is 13.1. The van der Waals surface area contributed by atoms with E-state index >= 15 is 0 Å². The van der Waals surface area contributed by atoms with Gasteiger partial charge in [0.25, 0.3) is 0 Å². The summed E-state index contributed by atoms with van der Waals surface area (Å²) in [5, 5.41) is 9.87. The molecule has 0 aromatic heterocycles. The summed E-state index contributed by atoms with van der Waals surface area (Å²) >= 11 is 5.99. The molecule has 0 heterocycles. The lowest BCUT2D eigenvalue weighted by Crippen LogP contribution is -1.94. The summed E-state index contributed by atoms with van der Waals surface area (Å²) in [6.07, 6.45) is 1.68. The van der Waals surface area contributed by atoms with Crippen molar-refractivity contribution in [1.29, 1.82) is 5.26 Å². The number of ether oxygens (including phenoxy) is 1. The average Bonchev–Trinajstić information content (AvgIpc) is 2.48. The first-order chi connectivity index (χ1) is 10.1. The number of benzene rings is 2. The van der Waals surface area contributed by atoms with E-state index in [1.54, 1.807) is 36.4 Å². The predicted octanol–water partition coefficient (Wildman–Crippen LogP) is 4.94. The van der Waals surface area contributed by atoms with Gasteiger partial charge in [0.15, 0.2) is 0 Å². The maximum atomic E-state index is 13.0. The van der Waals surface area contributed by atoms with E-state index in [9.17, 15) is 9.65 Å². The van der Waals surface area contributed by atoms with Gasteiger partial charge < -0.3 is 4.74 Å². The topological polar surface area (TPSA) is 33.0 Å². The number of halogens is 2. The molecule has 2 aromatic carbocycles. The molecule has 0 bridgehead atoms. The largest absolute Gasteiger partial charge is 0.493 e. The van der Waals surface area contributed by atoms with Crippen LogP contribution < -0.4 is 4.74 Å². The zero-order valence-electron chi connectivity index (χ0n) is 11.4. The Labute approximate surface area is 128 Å². The minimum atomic E-state index is -0.339. The van der Waals surface area contributed by atoms with Crippen molar-refractivity contribution >= 4 is 23.3 Å². The van der Waals surface area contributed by atoms with Gasteiger partial charge in [0, 0.05) is 10.6 Å². The van der Waals surface area contributed by atoms with Crippen molar-refractivity contribution in [2.75, 3.05) is 6.61 Å². The first-order valence-electron chi connectivity index (χ1n) is 6.44. The van der Waals surface area contributed by atoms with Gasteiger partial charge >= 0.3 is 0 Å². The maximum Gasteiger partial charge on any atom is 0.126 e. The third kappa shape index (κ3) is 3.84. The second-order valence-electron chi connectivity index (χ2n) is 4.29. The molecule has 2 aromatic rings. The molecular weight excluding hydrogens is 289 g/mol. The van der Waals surface area contributed by atoms with Gasteiger partial charge in [-0.25, -0.2) is 4.39 Å². The molecule has 0 amide bonds. The first kappa shape index (κ1) is 15.1. The van der Waals surface area contributed by atoms with Crippen LogP contribution in [0.25, 0.3) is 11.6 Å². The summed E-state index contributed by atoms with van der Waals surface area (Å²) in [5.74, 6) is 0.311. The van der Waals surface area contributed by atoms with Crippen molar-refractivity contribution in [3.63, 3.8) is 0 Å². The molecule has 0 aliphatic heterocycles. The van der Waals surface area contributed by atoms with Gasteiger partial charge in [-0.2, -0.15) is 5.26 Å². The minimum absolute atomic E-state index is 0.339. The standard InChI is InChI=1S/C17H13ClFNO/c1-2-21-17-8-5-15(18)10-13(17)9-14(11-20)12-3-6-16(19)7-4-12/h3-10H,2H2,1H3/b14-9-. The monoisotopic (exact) mass is 301 g/mol. The van der Waals surface area contributed by atoms with Crippen molar-refractivity contribution in [2.24, 2.45) is 0 Å². The first-order valence-corrected chi connectivity index (χ1v) is 6.82. The molecule has 0 aliphatic carbocycles. The highest BCUT2D eigenvalue weighted by Crippen LogP contribution is 2.27. The van der Waals surface area contributed by atoms with Crippen LogP contribution in [-0.2, 0) is 0 Å². The number of hydrogen-bond acceptors (Lipinski definition) is 2. The minimum Gasteiger partial charge on any atom is -0.493 e. The smallest absolute Gasteiger partial charge is 0.126 e. The molecule has 0 radical (unpaired) electrons. The molecule has 0 saturated heterocycles. The molecule has 0 unspecified atom stereocenters. The van der Waals surface area contributed by atoms with Crippen LogP contribution in [0.15, 0.2) is 42.5 Å². The summed E-state index contributed by atoms with van der Waals surface area (Å²) in [4.78, 5) is 0. The maximum absolute atomic E-state index is 13.0. The molecular formula is C17H13ClFNO. The number of hydrogen-bond donors (Lipinski definition) is 0. The van der Waals surface area contributed by atoms with E-state index in [-0.39, 0.29) is 5.82 Å². The van der Waals surface area contributed by atoms with Crippen molar-refractivity contribution < 1.29 is 9.13 Å². The van der Waals surface area contributed by atoms with Crippen LogP contribution >= 0.6 is 11.6 Å². The highest BCUT2D eigenvalue weighted by molar-refractivity contribution is 6.30. The summed E-state index contributed by atoms with van der Waals surface area (Å²) in [5.41, 5.74) is 1.77. The van der Waals surface area contributed by atoms with Gasteiger partial charge in [-0.3, -0.25) is 0 Å². The second-order valence-corrected chi connectivity index (χ2v) is 4.73. The number of nitrogens with zero attached hydrogens (tertiary/aromatic N) is 1. The molecule has 0 fully saturated rings. The van der Waals surface area contributed by atoms with E-state index < -0.39 is 0 Å². The van der Waals surface area contributed by atoms with Crippen LogP contribution in [0.2, 0.25) is 5.02 Å². The molecule has 2 rings (SSSR count). The molecule has 0 atom stereocenters. The third-order valence-electron chi connectivity index (χ3n) is 2.85. The molecule has 21 heavy (non-hydrogen) atoms. The van der Waals surface area contributed by atoms with Gasteiger partial charge in [-0.15, -0.1) is 0 Å². The van der Waals surface area contributed by atoms with Crippen molar-refractivity contribution in [3.05, 3.63) is 64.4 Å². The van der Waals surface area contributed by atoms with Crippen LogP contribution in [0.1, 0.15) is 18.1 Å². The highest BCUT2D eigenvalue weighted by Gasteiger charge is 2.06. The second kappa shape index (κ2) is 6.92. The molecule has 0 aliphatic rings. The van der Waals surface area contributed by atoms with Crippen LogP contribution in [0.5, 0.6) is 5.75 Å². The quantitative estimate of drug-likeness (QED) is 0.592. The fourth-order valence-corrected chi connectivity index (χ4v) is 2.06. The van der Waals surface area contributed by atoms with Gasteiger partial charge in [0.05, 0.1) is 18.2 Å². The van der Waals surface area contributed by atoms with Crippen LogP contribution in [-0.4, -0.2) is 6.61 Å². The summed E-state index contributed by atoms with van der Waals surface area (Å²) in [7, 11) is 0.